The highest BCUT2D eigenvalue weighted by Gasteiger charge is 2.37. The van der Waals surface area contributed by atoms with E-state index >= 15 is 0 Å². The lowest BCUT2D eigenvalue weighted by Gasteiger charge is -2.38. The molecule has 1 aromatic rings. The Labute approximate surface area is 131 Å². The van der Waals surface area contributed by atoms with E-state index < -0.39 is 35.6 Å². The van der Waals surface area contributed by atoms with Gasteiger partial charge in [0.1, 0.15) is 6.10 Å². The largest absolute Gasteiger partial charge is 0.750 e. The second-order valence-corrected chi connectivity index (χ2v) is 5.98. The second kappa shape index (κ2) is 7.19. The maximum atomic E-state index is 11.0. The molecule has 4 atom stereocenters. The minimum absolute atomic E-state index is 0.0583. The van der Waals surface area contributed by atoms with Crippen molar-refractivity contribution in [3.63, 3.8) is 0 Å². The molecule has 2 N–H and O–H groups in total. The van der Waals surface area contributed by atoms with E-state index in [-0.39, 0.29) is 13.1 Å². The monoisotopic (exact) mass is 328 g/mol. The molecule has 1 aliphatic rings. The number of aliphatic hydroxyl groups is 1. The van der Waals surface area contributed by atoms with Crippen LogP contribution < -0.4 is 0 Å². The van der Waals surface area contributed by atoms with E-state index in [9.17, 15) is 18.7 Å². The molecule has 1 fully saturated rings. The number of amides is 1. The average molecular weight is 328 g/mol. The van der Waals surface area contributed by atoms with E-state index in [0.717, 1.165) is 10.5 Å². The summed E-state index contributed by atoms with van der Waals surface area (Å²) in [4.78, 5) is 12.1. The van der Waals surface area contributed by atoms with Gasteiger partial charge >= 0.3 is 6.09 Å². The van der Waals surface area contributed by atoms with E-state index in [1.807, 2.05) is 19.1 Å². The van der Waals surface area contributed by atoms with Gasteiger partial charge in [0.2, 0.25) is 0 Å². The Balaban J connectivity index is 2.20. The van der Waals surface area contributed by atoms with Crippen molar-refractivity contribution in [2.75, 3.05) is 13.1 Å². The predicted octanol–water partition coefficient (Wildman–Crippen LogP) is 1.21. The SMILES string of the molecule is Cc1ccc(C(OS(=O)[O-])C2CCN(C(=O)O)CC2O)cc1. The Morgan fingerprint density at radius 3 is 2.59 bits per heavy atom. The van der Waals surface area contributed by atoms with Crippen LogP contribution in [0.25, 0.3) is 0 Å². The van der Waals surface area contributed by atoms with Crippen LogP contribution in [0.3, 0.4) is 0 Å². The van der Waals surface area contributed by atoms with Gasteiger partial charge in [0, 0.05) is 12.5 Å². The third kappa shape index (κ3) is 4.04. The Morgan fingerprint density at radius 2 is 2.09 bits per heavy atom. The smallest absolute Gasteiger partial charge is 0.407 e. The summed E-state index contributed by atoms with van der Waals surface area (Å²) in [5.74, 6) is -0.490. The molecule has 1 heterocycles. The van der Waals surface area contributed by atoms with Gasteiger partial charge in [0.25, 0.3) is 0 Å². The summed E-state index contributed by atoms with van der Waals surface area (Å²) in [6.07, 6.45) is -2.59. The van der Waals surface area contributed by atoms with Gasteiger partial charge < -0.3 is 19.7 Å². The molecule has 1 amide bonds. The molecule has 0 spiro atoms. The lowest BCUT2D eigenvalue weighted by atomic mass is 9.85. The first-order chi connectivity index (χ1) is 10.4. The standard InChI is InChI=1S/C14H19NO6S/c1-9-2-4-10(5-3-9)13(21-22(19)20)11-6-7-15(14(17)18)8-12(11)16/h2-5,11-13,16H,6-8H2,1H3,(H,17,18)(H,19,20)/p-1. The molecule has 0 aromatic heterocycles. The van der Waals surface area contributed by atoms with Crippen molar-refractivity contribution in [3.8, 4) is 0 Å². The van der Waals surface area contributed by atoms with Gasteiger partial charge in [0.15, 0.2) is 0 Å². The lowest BCUT2D eigenvalue weighted by Crippen LogP contribution is -2.48. The third-order valence-electron chi connectivity index (χ3n) is 3.88. The zero-order valence-electron chi connectivity index (χ0n) is 12.0. The number of nitrogens with zero attached hydrogens (tertiary/aromatic N) is 1. The molecule has 0 radical (unpaired) electrons. The number of aliphatic hydroxyl groups excluding tert-OH is 1. The number of β-amino-alcohol motifs (C(OH)–C–C–N with tert-alkyl or cyclic N) is 1. The first-order valence-electron chi connectivity index (χ1n) is 6.87. The normalized spacial score (nSPS) is 24.8. The van der Waals surface area contributed by atoms with Crippen LogP contribution in [0.5, 0.6) is 0 Å². The Morgan fingerprint density at radius 1 is 1.45 bits per heavy atom. The summed E-state index contributed by atoms with van der Waals surface area (Å²) in [5, 5.41) is 19.2. The minimum atomic E-state index is -2.73. The van der Waals surface area contributed by atoms with Gasteiger partial charge in [-0.05, 0) is 18.9 Å². The van der Waals surface area contributed by atoms with Gasteiger partial charge in [-0.3, -0.25) is 4.18 Å². The molecule has 0 bridgehead atoms. The summed E-state index contributed by atoms with van der Waals surface area (Å²) in [6.45, 7) is 2.08. The van der Waals surface area contributed by atoms with Crippen molar-refractivity contribution in [3.05, 3.63) is 35.4 Å². The minimum Gasteiger partial charge on any atom is -0.750 e. The van der Waals surface area contributed by atoms with Gasteiger partial charge in [-0.15, -0.1) is 0 Å². The maximum Gasteiger partial charge on any atom is 0.407 e. The molecule has 7 nitrogen and oxygen atoms in total. The highest BCUT2D eigenvalue weighted by atomic mass is 32.2. The van der Waals surface area contributed by atoms with Crippen molar-refractivity contribution in [2.24, 2.45) is 5.92 Å². The van der Waals surface area contributed by atoms with Crippen LogP contribution >= 0.6 is 0 Å². The van der Waals surface area contributed by atoms with E-state index in [1.54, 1.807) is 12.1 Å². The quantitative estimate of drug-likeness (QED) is 0.804. The molecule has 4 unspecified atom stereocenters. The van der Waals surface area contributed by atoms with Crippen LogP contribution in [0, 0.1) is 12.8 Å². The Bertz CT molecular complexity index is 549. The molecule has 1 aliphatic heterocycles. The fraction of sp³-hybridized carbons (Fsp3) is 0.500. The first-order valence-corrected chi connectivity index (χ1v) is 7.87. The molecular weight excluding hydrogens is 310 g/mol. The van der Waals surface area contributed by atoms with Crippen molar-refractivity contribution in [1.82, 2.24) is 4.90 Å². The summed E-state index contributed by atoms with van der Waals surface area (Å²) in [7, 11) is 0. The van der Waals surface area contributed by atoms with Crippen LogP contribution in [0.1, 0.15) is 23.7 Å². The first kappa shape index (κ1) is 16.9. The molecular formula is C14H18NO6S-. The summed E-state index contributed by atoms with van der Waals surface area (Å²) >= 11 is -2.73. The number of likely N-dealkylation sites (tertiary alicyclic amines) is 1. The van der Waals surface area contributed by atoms with E-state index in [1.165, 1.54) is 0 Å². The Kier molecular flexibility index (Phi) is 5.52. The number of rotatable bonds is 4. The maximum absolute atomic E-state index is 11.0. The van der Waals surface area contributed by atoms with Crippen LogP contribution in [-0.4, -0.2) is 49.2 Å². The van der Waals surface area contributed by atoms with E-state index in [2.05, 4.69) is 0 Å². The molecule has 122 valence electrons. The number of carboxylic acid groups (broad SMARTS) is 1. The van der Waals surface area contributed by atoms with Gasteiger partial charge in [0.05, 0.1) is 24.0 Å². The predicted molar refractivity (Wildman–Crippen MR) is 77.6 cm³/mol. The van der Waals surface area contributed by atoms with Gasteiger partial charge in [-0.25, -0.2) is 9.00 Å². The summed E-state index contributed by atoms with van der Waals surface area (Å²) in [6, 6.07) is 7.17. The molecule has 0 aliphatic carbocycles. The van der Waals surface area contributed by atoms with Gasteiger partial charge in [-0.2, -0.15) is 0 Å². The summed E-state index contributed by atoms with van der Waals surface area (Å²) < 4.78 is 26.9. The number of piperidine rings is 1. The molecule has 1 saturated heterocycles. The number of benzene rings is 1. The van der Waals surface area contributed by atoms with E-state index in [4.69, 9.17) is 9.29 Å². The summed E-state index contributed by atoms with van der Waals surface area (Å²) in [5.41, 5.74) is 1.66. The fourth-order valence-corrected chi connectivity index (χ4v) is 3.11. The average Bonchev–Trinajstić information content (AvgIpc) is 2.45. The highest BCUT2D eigenvalue weighted by molar-refractivity contribution is 7.74. The van der Waals surface area contributed by atoms with Crippen LogP contribution in [0.15, 0.2) is 24.3 Å². The highest BCUT2D eigenvalue weighted by Crippen LogP contribution is 2.34. The van der Waals surface area contributed by atoms with Crippen molar-refractivity contribution in [2.45, 2.75) is 25.6 Å². The van der Waals surface area contributed by atoms with Crippen molar-refractivity contribution >= 4 is 17.5 Å². The molecule has 1 aromatic carbocycles. The van der Waals surface area contributed by atoms with Crippen molar-refractivity contribution < 1.29 is 28.0 Å². The lowest BCUT2D eigenvalue weighted by molar-refractivity contribution is -0.0248. The van der Waals surface area contributed by atoms with Gasteiger partial charge in [-0.1, -0.05) is 29.8 Å². The Hall–Kier alpha value is -1.48. The number of aryl methyl sites for hydroxylation is 1. The van der Waals surface area contributed by atoms with E-state index in [0.29, 0.717) is 12.0 Å². The van der Waals surface area contributed by atoms with Crippen LogP contribution in [0.4, 0.5) is 4.79 Å². The third-order valence-corrected chi connectivity index (χ3v) is 4.25. The van der Waals surface area contributed by atoms with Crippen molar-refractivity contribution in [1.29, 1.82) is 0 Å². The molecule has 2 rings (SSSR count). The molecule has 0 saturated carbocycles. The topological polar surface area (TPSA) is 110 Å². The van der Waals surface area contributed by atoms with Crippen LogP contribution in [-0.2, 0) is 15.5 Å². The molecule has 22 heavy (non-hydrogen) atoms. The van der Waals surface area contributed by atoms with Crippen LogP contribution in [0.2, 0.25) is 0 Å². The molecule has 8 heteroatoms. The number of hydrogen-bond acceptors (Lipinski definition) is 5. The zero-order valence-corrected chi connectivity index (χ0v) is 12.9. The number of hydrogen-bond donors (Lipinski definition) is 2. The second-order valence-electron chi connectivity index (χ2n) is 5.38. The fourth-order valence-electron chi connectivity index (χ4n) is 2.69. The number of carbonyl (C=O) groups is 1. The zero-order chi connectivity index (χ0) is 16.3.